The van der Waals surface area contributed by atoms with Crippen molar-refractivity contribution in [2.24, 2.45) is 4.99 Å². The zero-order chi connectivity index (χ0) is 13.0. The number of para-hydroxylation sites is 1. The van der Waals surface area contributed by atoms with Crippen molar-refractivity contribution in [2.75, 3.05) is 0 Å². The van der Waals surface area contributed by atoms with Gasteiger partial charge in [-0.25, -0.2) is 0 Å². The van der Waals surface area contributed by atoms with Crippen LogP contribution in [0.15, 0.2) is 52.1 Å². The third kappa shape index (κ3) is 2.63. The second-order valence-electron chi connectivity index (χ2n) is 3.79. The first-order chi connectivity index (χ1) is 8.68. The molecule has 0 radical (unpaired) electrons. The van der Waals surface area contributed by atoms with E-state index in [1.807, 2.05) is 13.0 Å². The van der Waals surface area contributed by atoms with Crippen LogP contribution in [0.25, 0.3) is 0 Å². The van der Waals surface area contributed by atoms with Gasteiger partial charge in [-0.15, -0.1) is 0 Å². The predicted octanol–water partition coefficient (Wildman–Crippen LogP) is 3.37. The van der Waals surface area contributed by atoms with Crippen LogP contribution in [0.4, 0.5) is 5.69 Å². The molecule has 0 saturated carbocycles. The van der Waals surface area contributed by atoms with Crippen LogP contribution in [-0.4, -0.2) is 11.1 Å². The molecule has 2 aromatic rings. The highest BCUT2D eigenvalue weighted by Crippen LogP contribution is 2.19. The number of nitro groups is 1. The van der Waals surface area contributed by atoms with E-state index in [2.05, 4.69) is 4.99 Å². The van der Waals surface area contributed by atoms with Crippen LogP contribution >= 0.6 is 0 Å². The van der Waals surface area contributed by atoms with Crippen molar-refractivity contribution in [3.63, 3.8) is 0 Å². The molecule has 2 rings (SSSR count). The normalized spacial score (nSPS) is 12.7. The standard InChI is InChI=1S/C13H12N2O3/c1-10(13-7-4-8-18-13)14-9-11-5-2-3-6-12(11)15(16)17/h2-10H,1H3/t10-/m1/s1. The molecular formula is C13H12N2O3. The molecule has 0 fully saturated rings. The summed E-state index contributed by atoms with van der Waals surface area (Å²) in [6.45, 7) is 1.87. The molecule has 1 atom stereocenters. The molecule has 0 spiro atoms. The Morgan fingerprint density at radius 2 is 2.11 bits per heavy atom. The van der Waals surface area contributed by atoms with Crippen LogP contribution in [0.3, 0.4) is 0 Å². The van der Waals surface area contributed by atoms with E-state index in [-0.39, 0.29) is 11.7 Å². The second-order valence-corrected chi connectivity index (χ2v) is 3.79. The van der Waals surface area contributed by atoms with Crippen molar-refractivity contribution in [3.05, 3.63) is 64.1 Å². The van der Waals surface area contributed by atoms with Gasteiger partial charge in [0, 0.05) is 12.3 Å². The summed E-state index contributed by atoms with van der Waals surface area (Å²) in [5.41, 5.74) is 0.536. The first-order valence-electron chi connectivity index (χ1n) is 5.48. The van der Waals surface area contributed by atoms with E-state index in [9.17, 15) is 10.1 Å². The van der Waals surface area contributed by atoms with Crippen LogP contribution in [0.2, 0.25) is 0 Å². The SMILES string of the molecule is C[C@@H](N=Cc1ccccc1[N+](=O)[O-])c1ccco1. The van der Waals surface area contributed by atoms with Crippen molar-refractivity contribution in [1.29, 1.82) is 0 Å². The number of hydrogen-bond acceptors (Lipinski definition) is 4. The Labute approximate surface area is 104 Å². The molecule has 0 unspecified atom stereocenters. The van der Waals surface area contributed by atoms with Crippen molar-refractivity contribution < 1.29 is 9.34 Å². The maximum Gasteiger partial charge on any atom is 0.278 e. The fourth-order valence-electron chi connectivity index (χ4n) is 1.56. The minimum absolute atomic E-state index is 0.0490. The molecule has 0 aliphatic rings. The zero-order valence-electron chi connectivity index (χ0n) is 9.82. The Bertz CT molecular complexity index is 561. The summed E-state index contributed by atoms with van der Waals surface area (Å²) in [6, 6.07) is 9.93. The number of benzene rings is 1. The van der Waals surface area contributed by atoms with E-state index in [0.29, 0.717) is 5.56 Å². The lowest BCUT2D eigenvalue weighted by Crippen LogP contribution is -1.95. The van der Waals surface area contributed by atoms with Crippen molar-refractivity contribution in [3.8, 4) is 0 Å². The summed E-state index contributed by atoms with van der Waals surface area (Å²) >= 11 is 0. The fourth-order valence-corrected chi connectivity index (χ4v) is 1.56. The average Bonchev–Trinajstić information content (AvgIpc) is 2.90. The smallest absolute Gasteiger partial charge is 0.278 e. The summed E-state index contributed by atoms with van der Waals surface area (Å²) < 4.78 is 5.21. The number of rotatable bonds is 4. The van der Waals surface area contributed by atoms with Gasteiger partial charge in [0.1, 0.15) is 11.8 Å². The summed E-state index contributed by atoms with van der Waals surface area (Å²) in [4.78, 5) is 14.7. The minimum Gasteiger partial charge on any atom is -0.467 e. The van der Waals surface area contributed by atoms with Gasteiger partial charge >= 0.3 is 0 Å². The maximum absolute atomic E-state index is 10.8. The summed E-state index contributed by atoms with van der Waals surface area (Å²) in [7, 11) is 0. The molecule has 0 aliphatic heterocycles. The molecule has 1 aromatic carbocycles. The van der Waals surface area contributed by atoms with E-state index >= 15 is 0 Å². The molecule has 92 valence electrons. The first kappa shape index (κ1) is 12.0. The number of aliphatic imine (C=N–C) groups is 1. The lowest BCUT2D eigenvalue weighted by Gasteiger charge is -2.01. The minimum atomic E-state index is -0.418. The average molecular weight is 244 g/mol. The van der Waals surface area contributed by atoms with E-state index in [1.165, 1.54) is 12.3 Å². The van der Waals surface area contributed by atoms with Crippen LogP contribution in [-0.2, 0) is 0 Å². The van der Waals surface area contributed by atoms with Gasteiger partial charge in [0.2, 0.25) is 0 Å². The monoisotopic (exact) mass is 244 g/mol. The Kier molecular flexibility index (Phi) is 3.52. The molecule has 1 aromatic heterocycles. The van der Waals surface area contributed by atoms with Gasteiger partial charge in [0.05, 0.1) is 16.7 Å². The quantitative estimate of drug-likeness (QED) is 0.470. The van der Waals surface area contributed by atoms with Gasteiger partial charge in [-0.1, -0.05) is 12.1 Å². The van der Waals surface area contributed by atoms with Gasteiger partial charge in [0.15, 0.2) is 0 Å². The van der Waals surface area contributed by atoms with Crippen molar-refractivity contribution in [1.82, 2.24) is 0 Å². The van der Waals surface area contributed by atoms with Crippen LogP contribution in [0.1, 0.15) is 24.3 Å². The molecule has 0 bridgehead atoms. The largest absolute Gasteiger partial charge is 0.467 e. The molecule has 0 N–H and O–H groups in total. The summed E-state index contributed by atoms with van der Waals surface area (Å²) in [6.07, 6.45) is 3.08. The van der Waals surface area contributed by atoms with Crippen LogP contribution in [0.5, 0.6) is 0 Å². The van der Waals surface area contributed by atoms with Gasteiger partial charge in [-0.3, -0.25) is 15.1 Å². The highest BCUT2D eigenvalue weighted by atomic mass is 16.6. The molecule has 18 heavy (non-hydrogen) atoms. The molecule has 5 heteroatoms. The van der Waals surface area contributed by atoms with Gasteiger partial charge in [0.25, 0.3) is 5.69 Å². The maximum atomic E-state index is 10.8. The molecule has 5 nitrogen and oxygen atoms in total. The van der Waals surface area contributed by atoms with Crippen LogP contribution < -0.4 is 0 Å². The van der Waals surface area contributed by atoms with Gasteiger partial charge in [-0.2, -0.15) is 0 Å². The third-order valence-corrected chi connectivity index (χ3v) is 2.53. The van der Waals surface area contributed by atoms with Crippen molar-refractivity contribution >= 4 is 11.9 Å². The predicted molar refractivity (Wildman–Crippen MR) is 67.8 cm³/mol. The summed E-state index contributed by atoms with van der Waals surface area (Å²) in [5.74, 6) is 0.727. The number of nitro benzene ring substituents is 1. The first-order valence-corrected chi connectivity index (χ1v) is 5.48. The molecule has 0 aliphatic carbocycles. The van der Waals surface area contributed by atoms with Gasteiger partial charge in [-0.05, 0) is 25.1 Å². The Morgan fingerprint density at radius 1 is 1.33 bits per heavy atom. The van der Waals surface area contributed by atoms with Crippen LogP contribution in [0, 0.1) is 10.1 Å². The highest BCUT2D eigenvalue weighted by Gasteiger charge is 2.11. The molecular weight excluding hydrogens is 232 g/mol. The lowest BCUT2D eigenvalue weighted by molar-refractivity contribution is -0.385. The Morgan fingerprint density at radius 3 is 2.78 bits per heavy atom. The van der Waals surface area contributed by atoms with Crippen molar-refractivity contribution in [2.45, 2.75) is 13.0 Å². The van der Waals surface area contributed by atoms with E-state index in [0.717, 1.165) is 5.76 Å². The molecule has 1 heterocycles. The molecule has 0 saturated heterocycles. The topological polar surface area (TPSA) is 68.6 Å². The van der Waals surface area contributed by atoms with E-state index in [4.69, 9.17) is 4.42 Å². The number of furan rings is 1. The zero-order valence-corrected chi connectivity index (χ0v) is 9.82. The third-order valence-electron chi connectivity index (χ3n) is 2.53. The number of hydrogen-bond donors (Lipinski definition) is 0. The van der Waals surface area contributed by atoms with E-state index < -0.39 is 4.92 Å². The second kappa shape index (κ2) is 5.27. The number of nitrogens with zero attached hydrogens (tertiary/aromatic N) is 2. The molecule has 0 amide bonds. The Hall–Kier alpha value is -2.43. The highest BCUT2D eigenvalue weighted by molar-refractivity contribution is 5.85. The lowest BCUT2D eigenvalue weighted by atomic mass is 10.2. The Balaban J connectivity index is 2.21. The van der Waals surface area contributed by atoms with E-state index in [1.54, 1.807) is 30.5 Å². The fraction of sp³-hybridized carbons (Fsp3) is 0.154. The van der Waals surface area contributed by atoms with Gasteiger partial charge < -0.3 is 4.42 Å². The summed E-state index contributed by atoms with van der Waals surface area (Å²) in [5, 5.41) is 10.8.